The molecule has 3 aromatic carbocycles. The van der Waals surface area contributed by atoms with Crippen LogP contribution in [-0.4, -0.2) is 35.9 Å². The molecule has 0 aliphatic rings. The van der Waals surface area contributed by atoms with Gasteiger partial charge in [0.2, 0.25) is 5.91 Å². The van der Waals surface area contributed by atoms with Crippen molar-refractivity contribution in [3.05, 3.63) is 94.3 Å². The number of hydrogen-bond donors (Lipinski definition) is 2. The van der Waals surface area contributed by atoms with Crippen LogP contribution in [0.3, 0.4) is 0 Å². The molecule has 10 nitrogen and oxygen atoms in total. The lowest BCUT2D eigenvalue weighted by molar-refractivity contribution is 0.0995. The summed E-state index contributed by atoms with van der Waals surface area (Å²) in [6.07, 6.45) is 0. The molecule has 180 valence electrons. The maximum absolute atomic E-state index is 13.2. The van der Waals surface area contributed by atoms with Gasteiger partial charge in [0.05, 0.1) is 11.2 Å². The number of hydrogen-bond acceptors (Lipinski definition) is 5. The zero-order valence-electron chi connectivity index (χ0n) is 19.9. The summed E-state index contributed by atoms with van der Waals surface area (Å²) in [4.78, 5) is 37.0. The van der Waals surface area contributed by atoms with Crippen LogP contribution in [0.4, 0.5) is 5.69 Å². The lowest BCUT2D eigenvalue weighted by atomic mass is 10.0. The molecule has 0 radical (unpaired) electrons. The summed E-state index contributed by atoms with van der Waals surface area (Å²) in [6.45, 7) is 1.78. The van der Waals surface area contributed by atoms with E-state index in [1.54, 1.807) is 43.8 Å². The third kappa shape index (κ3) is 3.94. The summed E-state index contributed by atoms with van der Waals surface area (Å²) in [5, 5.41) is 12.1. The minimum absolute atomic E-state index is 0.214. The summed E-state index contributed by atoms with van der Waals surface area (Å²) in [6, 6.07) is 19.7. The van der Waals surface area contributed by atoms with Crippen LogP contribution in [0.5, 0.6) is 0 Å². The molecule has 0 saturated carbocycles. The lowest BCUT2D eigenvalue weighted by Gasteiger charge is -2.08. The number of carbonyl (C=O) groups is 2. The van der Waals surface area contributed by atoms with Crippen LogP contribution in [-0.2, 0) is 14.1 Å². The van der Waals surface area contributed by atoms with Crippen LogP contribution in [0.1, 0.15) is 26.7 Å². The summed E-state index contributed by atoms with van der Waals surface area (Å²) in [5.41, 5.74) is 9.47. The zero-order valence-corrected chi connectivity index (χ0v) is 19.9. The maximum atomic E-state index is 13.2. The Labute approximate surface area is 205 Å². The van der Waals surface area contributed by atoms with E-state index in [-0.39, 0.29) is 11.6 Å². The SMILES string of the molecule is Cc1nn(C)c(=O)n1-c1ccc(-c2ccc3nn(C)c(C(=O)Nc4cccc(C(N)=O)c4)c3c2)cc1. The van der Waals surface area contributed by atoms with E-state index in [2.05, 4.69) is 15.5 Å². The zero-order chi connectivity index (χ0) is 25.6. The molecule has 0 unspecified atom stereocenters. The number of anilines is 1. The monoisotopic (exact) mass is 481 g/mol. The Hall–Kier alpha value is -4.99. The summed E-state index contributed by atoms with van der Waals surface area (Å²) < 4.78 is 4.38. The number of amides is 2. The number of aryl methyl sites for hydroxylation is 3. The number of benzene rings is 3. The molecular formula is C26H23N7O3. The Balaban J connectivity index is 1.49. The van der Waals surface area contributed by atoms with Crippen molar-refractivity contribution >= 4 is 28.4 Å². The molecule has 0 saturated heterocycles. The molecule has 0 fully saturated rings. The number of nitrogens with one attached hydrogen (secondary N) is 1. The van der Waals surface area contributed by atoms with Crippen molar-refractivity contribution in [2.45, 2.75) is 6.92 Å². The molecular weight excluding hydrogens is 458 g/mol. The quantitative estimate of drug-likeness (QED) is 0.399. The van der Waals surface area contributed by atoms with E-state index < -0.39 is 5.91 Å². The van der Waals surface area contributed by atoms with Gasteiger partial charge in [-0.3, -0.25) is 14.3 Å². The van der Waals surface area contributed by atoms with E-state index in [1.165, 1.54) is 15.4 Å². The molecule has 0 spiro atoms. The van der Waals surface area contributed by atoms with E-state index in [1.807, 2.05) is 42.5 Å². The van der Waals surface area contributed by atoms with E-state index in [0.717, 1.165) is 16.8 Å². The lowest BCUT2D eigenvalue weighted by Crippen LogP contribution is -2.21. The largest absolute Gasteiger partial charge is 0.366 e. The number of primary amides is 1. The minimum atomic E-state index is -0.573. The Morgan fingerprint density at radius 2 is 1.61 bits per heavy atom. The smallest absolute Gasteiger partial charge is 0.350 e. The first-order chi connectivity index (χ1) is 17.2. The van der Waals surface area contributed by atoms with Crippen molar-refractivity contribution in [1.29, 1.82) is 0 Å². The molecule has 0 aliphatic heterocycles. The van der Waals surface area contributed by atoms with Crippen molar-refractivity contribution < 1.29 is 9.59 Å². The van der Waals surface area contributed by atoms with Crippen LogP contribution in [0.25, 0.3) is 27.7 Å². The third-order valence-corrected chi connectivity index (χ3v) is 6.00. The highest BCUT2D eigenvalue weighted by atomic mass is 16.2. The number of nitrogens with two attached hydrogens (primary N) is 1. The molecule has 10 heteroatoms. The highest BCUT2D eigenvalue weighted by molar-refractivity contribution is 6.12. The van der Waals surface area contributed by atoms with Gasteiger partial charge < -0.3 is 11.1 Å². The number of carbonyl (C=O) groups excluding carboxylic acids is 2. The first kappa shape index (κ1) is 22.8. The second-order valence-electron chi connectivity index (χ2n) is 8.44. The molecule has 5 aromatic rings. The molecule has 36 heavy (non-hydrogen) atoms. The Morgan fingerprint density at radius 3 is 2.28 bits per heavy atom. The Morgan fingerprint density at radius 1 is 0.889 bits per heavy atom. The van der Waals surface area contributed by atoms with E-state index in [9.17, 15) is 14.4 Å². The topological polar surface area (TPSA) is 130 Å². The molecule has 2 heterocycles. The third-order valence-electron chi connectivity index (χ3n) is 6.00. The first-order valence-electron chi connectivity index (χ1n) is 11.1. The average molecular weight is 482 g/mol. The molecule has 5 rings (SSSR count). The Kier molecular flexibility index (Phi) is 5.48. The van der Waals surface area contributed by atoms with E-state index in [0.29, 0.717) is 33.7 Å². The number of nitrogens with zero attached hydrogens (tertiary/aromatic N) is 5. The van der Waals surface area contributed by atoms with Gasteiger partial charge in [-0.25, -0.2) is 14.0 Å². The van der Waals surface area contributed by atoms with Crippen LogP contribution in [0.2, 0.25) is 0 Å². The van der Waals surface area contributed by atoms with Crippen LogP contribution in [0.15, 0.2) is 71.5 Å². The van der Waals surface area contributed by atoms with Gasteiger partial charge >= 0.3 is 5.69 Å². The van der Waals surface area contributed by atoms with Crippen LogP contribution < -0.4 is 16.7 Å². The van der Waals surface area contributed by atoms with Crippen LogP contribution >= 0.6 is 0 Å². The molecule has 0 atom stereocenters. The fourth-order valence-corrected chi connectivity index (χ4v) is 4.28. The minimum Gasteiger partial charge on any atom is -0.366 e. The highest BCUT2D eigenvalue weighted by Gasteiger charge is 2.18. The molecule has 2 aromatic heterocycles. The molecule has 0 aliphatic carbocycles. The van der Waals surface area contributed by atoms with E-state index in [4.69, 9.17) is 5.73 Å². The van der Waals surface area contributed by atoms with Crippen molar-refractivity contribution in [2.75, 3.05) is 5.32 Å². The summed E-state index contributed by atoms with van der Waals surface area (Å²) >= 11 is 0. The van der Waals surface area contributed by atoms with Crippen LogP contribution in [0, 0.1) is 6.92 Å². The fourth-order valence-electron chi connectivity index (χ4n) is 4.28. The first-order valence-corrected chi connectivity index (χ1v) is 11.1. The average Bonchev–Trinajstić information content (AvgIpc) is 3.32. The Bertz CT molecular complexity index is 1710. The number of fused-ring (bicyclic) bond motifs is 1. The number of aromatic nitrogens is 5. The van der Waals surface area contributed by atoms with Crippen molar-refractivity contribution in [3.63, 3.8) is 0 Å². The van der Waals surface area contributed by atoms with Crippen molar-refractivity contribution in [3.8, 4) is 16.8 Å². The van der Waals surface area contributed by atoms with Gasteiger partial charge in [0.1, 0.15) is 11.5 Å². The van der Waals surface area contributed by atoms with Gasteiger partial charge in [-0.15, -0.1) is 0 Å². The predicted molar refractivity (Wildman–Crippen MR) is 136 cm³/mol. The van der Waals surface area contributed by atoms with Gasteiger partial charge in [-0.1, -0.05) is 24.3 Å². The van der Waals surface area contributed by atoms with Gasteiger partial charge in [-0.2, -0.15) is 10.2 Å². The number of rotatable bonds is 5. The standard InChI is InChI=1S/C26H23N7O3/c1-15-29-32(3)26(36)33(15)20-10-7-16(8-11-20)17-9-12-22-21(14-17)23(31(2)30-22)25(35)28-19-6-4-5-18(13-19)24(27)34/h4-14H,1-3H3,(H2,27,34)(H,28,35). The molecule has 0 bridgehead atoms. The maximum Gasteiger partial charge on any atom is 0.350 e. The normalized spacial score (nSPS) is 11.1. The second-order valence-corrected chi connectivity index (χ2v) is 8.44. The van der Waals surface area contributed by atoms with Gasteiger partial charge in [0, 0.05) is 30.7 Å². The second kappa shape index (κ2) is 8.66. The predicted octanol–water partition coefficient (Wildman–Crippen LogP) is 2.78. The summed E-state index contributed by atoms with van der Waals surface area (Å²) in [5.74, 6) is -0.332. The van der Waals surface area contributed by atoms with Gasteiger partial charge in [0.15, 0.2) is 0 Å². The molecule has 2 amide bonds. The fraction of sp³-hybridized carbons (Fsp3) is 0.115. The van der Waals surface area contributed by atoms with Crippen molar-refractivity contribution in [1.82, 2.24) is 24.1 Å². The summed E-state index contributed by atoms with van der Waals surface area (Å²) in [7, 11) is 3.32. The van der Waals surface area contributed by atoms with Crippen molar-refractivity contribution in [2.24, 2.45) is 19.8 Å². The van der Waals surface area contributed by atoms with Gasteiger partial charge in [0.25, 0.3) is 5.91 Å². The highest BCUT2D eigenvalue weighted by Crippen LogP contribution is 2.27. The van der Waals surface area contributed by atoms with E-state index >= 15 is 0 Å². The van der Waals surface area contributed by atoms with Gasteiger partial charge in [-0.05, 0) is 60.5 Å². The molecule has 3 N–H and O–H groups in total.